The van der Waals surface area contributed by atoms with Crippen molar-refractivity contribution < 1.29 is 14.3 Å². The first-order chi connectivity index (χ1) is 13.2. The fourth-order valence-corrected chi connectivity index (χ4v) is 2.73. The number of hydrogen-bond donors (Lipinski definition) is 1. The topological polar surface area (TPSA) is 73.2 Å². The number of amides is 1. The standard InChI is InChI=1S/C21H21N3O3/c1-27-17-12-10-16(11-13-17)20(25)8-4-9-21(26)23-18-6-2-3-7-19(18)24-15-5-14-22-24/h2-3,5-7,10-15H,4,8-9H2,1H3,(H,23,26). The van der Waals surface area contributed by atoms with Gasteiger partial charge in [-0.3, -0.25) is 9.59 Å². The van der Waals surface area contributed by atoms with Crippen molar-refractivity contribution in [3.63, 3.8) is 0 Å². The zero-order valence-electron chi connectivity index (χ0n) is 15.1. The van der Waals surface area contributed by atoms with Crippen LogP contribution in [0.15, 0.2) is 67.0 Å². The van der Waals surface area contributed by atoms with Crippen molar-refractivity contribution in [2.45, 2.75) is 19.3 Å². The molecule has 0 spiro atoms. The molecule has 0 radical (unpaired) electrons. The van der Waals surface area contributed by atoms with Crippen LogP contribution in [0.2, 0.25) is 0 Å². The molecule has 0 unspecified atom stereocenters. The van der Waals surface area contributed by atoms with Crippen molar-refractivity contribution in [1.82, 2.24) is 9.78 Å². The largest absolute Gasteiger partial charge is 0.497 e. The molecule has 0 aliphatic heterocycles. The Hall–Kier alpha value is -3.41. The summed E-state index contributed by atoms with van der Waals surface area (Å²) >= 11 is 0. The first-order valence-electron chi connectivity index (χ1n) is 8.73. The number of benzene rings is 2. The Balaban J connectivity index is 1.52. The average Bonchev–Trinajstić information content (AvgIpc) is 3.23. The molecule has 2 aromatic carbocycles. The number of carbonyl (C=O) groups is 2. The molecule has 6 nitrogen and oxygen atoms in total. The van der Waals surface area contributed by atoms with Gasteiger partial charge in [0, 0.05) is 30.8 Å². The van der Waals surface area contributed by atoms with E-state index >= 15 is 0 Å². The predicted molar refractivity (Wildman–Crippen MR) is 103 cm³/mol. The third-order valence-corrected chi connectivity index (χ3v) is 4.15. The van der Waals surface area contributed by atoms with Gasteiger partial charge in [-0.05, 0) is 48.9 Å². The molecule has 1 aromatic heterocycles. The first kappa shape index (κ1) is 18.4. The van der Waals surface area contributed by atoms with Gasteiger partial charge in [0.1, 0.15) is 5.75 Å². The van der Waals surface area contributed by atoms with Crippen LogP contribution in [0.25, 0.3) is 5.69 Å². The normalized spacial score (nSPS) is 10.4. The maximum atomic E-state index is 12.3. The molecule has 0 bridgehead atoms. The fraction of sp³-hybridized carbons (Fsp3) is 0.190. The molecule has 1 heterocycles. The highest BCUT2D eigenvalue weighted by Gasteiger charge is 2.10. The molecule has 1 N–H and O–H groups in total. The van der Waals surface area contributed by atoms with E-state index in [1.807, 2.05) is 36.5 Å². The molecule has 0 saturated heterocycles. The van der Waals surface area contributed by atoms with Gasteiger partial charge in [0.25, 0.3) is 0 Å². The molecule has 0 atom stereocenters. The lowest BCUT2D eigenvalue weighted by atomic mass is 10.1. The fourth-order valence-electron chi connectivity index (χ4n) is 2.73. The number of nitrogens with zero attached hydrogens (tertiary/aromatic N) is 2. The molecular formula is C21H21N3O3. The van der Waals surface area contributed by atoms with E-state index < -0.39 is 0 Å². The van der Waals surface area contributed by atoms with Crippen molar-refractivity contribution in [3.05, 3.63) is 72.6 Å². The van der Waals surface area contributed by atoms with Crippen LogP contribution < -0.4 is 10.1 Å². The number of aromatic nitrogens is 2. The van der Waals surface area contributed by atoms with Gasteiger partial charge in [0.2, 0.25) is 5.91 Å². The van der Waals surface area contributed by atoms with Gasteiger partial charge in [-0.15, -0.1) is 0 Å². The SMILES string of the molecule is COc1ccc(C(=O)CCCC(=O)Nc2ccccc2-n2cccn2)cc1. The van der Waals surface area contributed by atoms with Gasteiger partial charge in [-0.25, -0.2) is 4.68 Å². The predicted octanol–water partition coefficient (Wildman–Crippen LogP) is 3.87. The second-order valence-electron chi connectivity index (χ2n) is 6.02. The van der Waals surface area contributed by atoms with Crippen molar-refractivity contribution in [2.75, 3.05) is 12.4 Å². The van der Waals surface area contributed by atoms with E-state index in [1.54, 1.807) is 42.3 Å². The zero-order valence-corrected chi connectivity index (χ0v) is 15.1. The Morgan fingerprint density at radius 3 is 2.52 bits per heavy atom. The minimum atomic E-state index is -0.128. The molecule has 138 valence electrons. The van der Waals surface area contributed by atoms with Crippen molar-refractivity contribution in [2.24, 2.45) is 0 Å². The number of carbonyl (C=O) groups excluding carboxylic acids is 2. The lowest BCUT2D eigenvalue weighted by molar-refractivity contribution is -0.116. The summed E-state index contributed by atoms with van der Waals surface area (Å²) in [4.78, 5) is 24.5. The third kappa shape index (κ3) is 4.82. The Labute approximate surface area is 157 Å². The van der Waals surface area contributed by atoms with E-state index in [0.717, 1.165) is 5.69 Å². The van der Waals surface area contributed by atoms with Crippen LogP contribution in [0, 0.1) is 0 Å². The molecule has 0 fully saturated rings. The number of methoxy groups -OCH3 is 1. The van der Waals surface area contributed by atoms with Crippen LogP contribution in [0.4, 0.5) is 5.69 Å². The summed E-state index contributed by atoms with van der Waals surface area (Å²) in [6, 6.07) is 16.3. The van der Waals surface area contributed by atoms with Crippen molar-refractivity contribution >= 4 is 17.4 Å². The summed E-state index contributed by atoms with van der Waals surface area (Å²) in [5.74, 6) is 0.598. The summed E-state index contributed by atoms with van der Waals surface area (Å²) in [5.41, 5.74) is 2.11. The molecule has 0 aliphatic rings. The monoisotopic (exact) mass is 363 g/mol. The van der Waals surface area contributed by atoms with Gasteiger partial charge in [-0.2, -0.15) is 5.10 Å². The molecule has 27 heavy (non-hydrogen) atoms. The lowest BCUT2D eigenvalue weighted by Gasteiger charge is -2.11. The van der Waals surface area contributed by atoms with E-state index in [9.17, 15) is 9.59 Å². The van der Waals surface area contributed by atoms with Gasteiger partial charge in [0.05, 0.1) is 18.5 Å². The van der Waals surface area contributed by atoms with E-state index in [2.05, 4.69) is 10.4 Å². The highest BCUT2D eigenvalue weighted by atomic mass is 16.5. The number of hydrogen-bond acceptors (Lipinski definition) is 4. The zero-order chi connectivity index (χ0) is 19.1. The van der Waals surface area contributed by atoms with E-state index in [0.29, 0.717) is 29.8 Å². The van der Waals surface area contributed by atoms with Gasteiger partial charge in [-0.1, -0.05) is 12.1 Å². The quantitative estimate of drug-likeness (QED) is 0.617. The minimum absolute atomic E-state index is 0.0161. The summed E-state index contributed by atoms with van der Waals surface area (Å²) in [6.07, 6.45) is 4.58. The summed E-state index contributed by atoms with van der Waals surface area (Å²) < 4.78 is 6.78. The number of para-hydroxylation sites is 2. The summed E-state index contributed by atoms with van der Waals surface area (Å²) in [7, 11) is 1.58. The van der Waals surface area contributed by atoms with Crippen molar-refractivity contribution in [3.8, 4) is 11.4 Å². The molecule has 1 amide bonds. The van der Waals surface area contributed by atoms with Gasteiger partial charge in [0.15, 0.2) is 5.78 Å². The van der Waals surface area contributed by atoms with Crippen LogP contribution in [0.3, 0.4) is 0 Å². The molecule has 6 heteroatoms. The maximum absolute atomic E-state index is 12.3. The third-order valence-electron chi connectivity index (χ3n) is 4.15. The summed E-state index contributed by atoms with van der Waals surface area (Å²) in [5, 5.41) is 7.10. The Morgan fingerprint density at radius 2 is 1.81 bits per heavy atom. The number of ketones is 1. The minimum Gasteiger partial charge on any atom is -0.497 e. The molecule has 3 rings (SSSR count). The van der Waals surface area contributed by atoms with Crippen LogP contribution >= 0.6 is 0 Å². The van der Waals surface area contributed by atoms with Gasteiger partial charge < -0.3 is 10.1 Å². The van der Waals surface area contributed by atoms with Crippen LogP contribution in [-0.2, 0) is 4.79 Å². The molecular weight excluding hydrogens is 342 g/mol. The first-order valence-corrected chi connectivity index (χ1v) is 8.73. The number of anilines is 1. The second kappa shape index (κ2) is 8.80. The number of ether oxygens (including phenoxy) is 1. The Morgan fingerprint density at radius 1 is 1.04 bits per heavy atom. The number of nitrogens with one attached hydrogen (secondary N) is 1. The Bertz CT molecular complexity index is 903. The second-order valence-corrected chi connectivity index (χ2v) is 6.02. The van der Waals surface area contributed by atoms with Crippen LogP contribution in [0.1, 0.15) is 29.6 Å². The smallest absolute Gasteiger partial charge is 0.224 e. The van der Waals surface area contributed by atoms with Crippen molar-refractivity contribution in [1.29, 1.82) is 0 Å². The van der Waals surface area contributed by atoms with E-state index in [1.165, 1.54) is 0 Å². The number of rotatable bonds is 8. The highest BCUT2D eigenvalue weighted by molar-refractivity contribution is 5.97. The average molecular weight is 363 g/mol. The lowest BCUT2D eigenvalue weighted by Crippen LogP contribution is -2.14. The van der Waals surface area contributed by atoms with E-state index in [-0.39, 0.29) is 18.1 Å². The Kier molecular flexibility index (Phi) is 5.99. The highest BCUT2D eigenvalue weighted by Crippen LogP contribution is 2.19. The molecule has 0 aliphatic carbocycles. The van der Waals surface area contributed by atoms with E-state index in [4.69, 9.17) is 4.74 Å². The van der Waals surface area contributed by atoms with Crippen LogP contribution in [-0.4, -0.2) is 28.6 Å². The van der Waals surface area contributed by atoms with Gasteiger partial charge >= 0.3 is 0 Å². The molecule has 0 saturated carbocycles. The molecule has 3 aromatic rings. The number of Topliss-reactive ketones (excluding diaryl/α,β-unsaturated/α-hetero) is 1. The summed E-state index contributed by atoms with van der Waals surface area (Å²) in [6.45, 7) is 0. The maximum Gasteiger partial charge on any atom is 0.224 e. The van der Waals surface area contributed by atoms with Crippen LogP contribution in [0.5, 0.6) is 5.75 Å².